The highest BCUT2D eigenvalue weighted by Gasteiger charge is 2.18. The Bertz CT molecular complexity index is 1120. The quantitative estimate of drug-likeness (QED) is 0.490. The lowest BCUT2D eigenvalue weighted by molar-refractivity contribution is 0.194. The highest BCUT2D eigenvalue weighted by Crippen LogP contribution is 2.27. The number of hydrogen-bond donors (Lipinski definition) is 4. The summed E-state index contributed by atoms with van der Waals surface area (Å²) in [6.07, 6.45) is 1.67. The van der Waals surface area contributed by atoms with Crippen molar-refractivity contribution < 1.29 is 14.6 Å². The van der Waals surface area contributed by atoms with E-state index in [9.17, 15) is 19.4 Å². The minimum Gasteiger partial charge on any atom is -0.395 e. The van der Waals surface area contributed by atoms with Crippen LogP contribution in [0.3, 0.4) is 0 Å². The minimum atomic E-state index is -0.985. The van der Waals surface area contributed by atoms with Crippen LogP contribution in [0.2, 0.25) is 0 Å². The van der Waals surface area contributed by atoms with Crippen molar-refractivity contribution in [3.05, 3.63) is 52.3 Å². The number of hydrogen-bond acceptors (Lipinski definition) is 7. The van der Waals surface area contributed by atoms with Gasteiger partial charge < -0.3 is 25.4 Å². The average Bonchev–Trinajstić information content (AvgIpc) is 2.64. The summed E-state index contributed by atoms with van der Waals surface area (Å²) in [5, 5.41) is 26.3. The summed E-state index contributed by atoms with van der Waals surface area (Å²) >= 11 is 0. The van der Waals surface area contributed by atoms with Gasteiger partial charge in [0.2, 0.25) is 0 Å². The van der Waals surface area contributed by atoms with Crippen LogP contribution in [0.15, 0.2) is 35.4 Å². The van der Waals surface area contributed by atoms with Gasteiger partial charge in [-0.05, 0) is 51.3 Å². The first kappa shape index (κ1) is 21.7. The fraction of sp³-hybridized carbons (Fsp3) is 0.381. The summed E-state index contributed by atoms with van der Waals surface area (Å²) in [7, 11) is 0. The Morgan fingerprint density at radius 2 is 2.00 bits per heavy atom. The SMILES string of the molecule is CC(O)c1cc(Nc2cc3ccn(CCO)c(=O)c3c(NC(C)(C)C)n2)ncc1F. The maximum atomic E-state index is 13.8. The molecule has 0 aliphatic rings. The molecule has 0 aliphatic heterocycles. The first-order valence-electron chi connectivity index (χ1n) is 9.63. The van der Waals surface area contributed by atoms with E-state index in [2.05, 4.69) is 20.6 Å². The van der Waals surface area contributed by atoms with Gasteiger partial charge in [-0.2, -0.15) is 0 Å². The molecule has 1 unspecified atom stereocenters. The number of nitrogens with one attached hydrogen (secondary N) is 2. The van der Waals surface area contributed by atoms with Crippen LogP contribution >= 0.6 is 0 Å². The molecule has 9 heteroatoms. The number of aliphatic hydroxyl groups excluding tert-OH is 2. The molecular formula is C21H26FN5O3. The van der Waals surface area contributed by atoms with Gasteiger partial charge in [0.1, 0.15) is 23.3 Å². The van der Waals surface area contributed by atoms with Gasteiger partial charge in [0.15, 0.2) is 0 Å². The molecule has 0 spiro atoms. The van der Waals surface area contributed by atoms with E-state index in [1.54, 1.807) is 18.3 Å². The molecule has 4 N–H and O–H groups in total. The number of pyridine rings is 3. The lowest BCUT2D eigenvalue weighted by atomic mass is 10.1. The highest BCUT2D eigenvalue weighted by atomic mass is 19.1. The van der Waals surface area contributed by atoms with Crippen LogP contribution in [0, 0.1) is 5.82 Å². The first-order valence-corrected chi connectivity index (χ1v) is 9.63. The number of rotatable bonds is 6. The molecule has 3 heterocycles. The normalized spacial score (nSPS) is 12.8. The van der Waals surface area contributed by atoms with Crippen LogP contribution in [-0.2, 0) is 6.54 Å². The van der Waals surface area contributed by atoms with Crippen molar-refractivity contribution in [2.24, 2.45) is 0 Å². The van der Waals surface area contributed by atoms with Gasteiger partial charge in [-0.1, -0.05) is 0 Å². The van der Waals surface area contributed by atoms with E-state index in [-0.39, 0.29) is 29.8 Å². The van der Waals surface area contributed by atoms with Crippen LogP contribution in [0.25, 0.3) is 10.8 Å². The molecule has 0 saturated carbocycles. The van der Waals surface area contributed by atoms with Crippen LogP contribution in [0.1, 0.15) is 39.4 Å². The summed E-state index contributed by atoms with van der Waals surface area (Å²) in [5.41, 5.74) is -0.507. The predicted molar refractivity (Wildman–Crippen MR) is 115 cm³/mol. The third kappa shape index (κ3) is 4.74. The molecule has 0 aliphatic carbocycles. The first-order chi connectivity index (χ1) is 14.1. The minimum absolute atomic E-state index is 0.119. The Hall–Kier alpha value is -3.04. The molecule has 3 aromatic rings. The smallest absolute Gasteiger partial charge is 0.262 e. The molecule has 0 bridgehead atoms. The molecule has 3 aromatic heterocycles. The maximum absolute atomic E-state index is 13.8. The molecule has 0 aromatic carbocycles. The van der Waals surface area contributed by atoms with E-state index in [1.165, 1.54) is 17.6 Å². The van der Waals surface area contributed by atoms with Crippen LogP contribution < -0.4 is 16.2 Å². The fourth-order valence-electron chi connectivity index (χ4n) is 3.07. The van der Waals surface area contributed by atoms with E-state index in [0.717, 1.165) is 6.20 Å². The number of anilines is 3. The van der Waals surface area contributed by atoms with Crippen LogP contribution in [0.4, 0.5) is 21.8 Å². The number of fused-ring (bicyclic) bond motifs is 1. The highest BCUT2D eigenvalue weighted by molar-refractivity contribution is 5.93. The largest absolute Gasteiger partial charge is 0.395 e. The van der Waals surface area contributed by atoms with E-state index >= 15 is 0 Å². The van der Waals surface area contributed by atoms with E-state index in [0.29, 0.717) is 28.2 Å². The number of nitrogens with zero attached hydrogens (tertiary/aromatic N) is 3. The summed E-state index contributed by atoms with van der Waals surface area (Å²) < 4.78 is 15.3. The molecule has 3 rings (SSSR count). The molecule has 0 amide bonds. The molecule has 30 heavy (non-hydrogen) atoms. The zero-order valence-corrected chi connectivity index (χ0v) is 17.4. The molecule has 0 radical (unpaired) electrons. The second kappa shape index (κ2) is 8.37. The monoisotopic (exact) mass is 415 g/mol. The van der Waals surface area contributed by atoms with Gasteiger partial charge in [0, 0.05) is 23.8 Å². The Morgan fingerprint density at radius 1 is 1.27 bits per heavy atom. The lowest BCUT2D eigenvalue weighted by Crippen LogP contribution is -2.29. The predicted octanol–water partition coefficient (Wildman–Crippen LogP) is 2.93. The average molecular weight is 415 g/mol. The van der Waals surface area contributed by atoms with Crippen LogP contribution in [-0.4, -0.2) is 36.9 Å². The topological polar surface area (TPSA) is 112 Å². The van der Waals surface area contributed by atoms with Crippen molar-refractivity contribution in [2.45, 2.75) is 45.9 Å². The summed E-state index contributed by atoms with van der Waals surface area (Å²) in [6.45, 7) is 7.36. The Morgan fingerprint density at radius 3 is 2.63 bits per heavy atom. The van der Waals surface area contributed by atoms with Gasteiger partial charge in [0.05, 0.1) is 24.3 Å². The molecule has 8 nitrogen and oxygen atoms in total. The fourth-order valence-corrected chi connectivity index (χ4v) is 3.07. The summed E-state index contributed by atoms with van der Waals surface area (Å²) in [4.78, 5) is 21.5. The van der Waals surface area contributed by atoms with Gasteiger partial charge in [-0.15, -0.1) is 0 Å². The number of aromatic nitrogens is 3. The Kier molecular flexibility index (Phi) is 6.04. The second-order valence-corrected chi connectivity index (χ2v) is 8.13. The Balaban J connectivity index is 2.11. The number of halogens is 1. The van der Waals surface area contributed by atoms with Gasteiger partial charge >= 0.3 is 0 Å². The van der Waals surface area contributed by atoms with Crippen molar-refractivity contribution in [3.63, 3.8) is 0 Å². The van der Waals surface area contributed by atoms with E-state index < -0.39 is 11.9 Å². The lowest BCUT2D eigenvalue weighted by Gasteiger charge is -2.23. The summed E-state index contributed by atoms with van der Waals surface area (Å²) in [5.74, 6) is 0.512. The third-order valence-corrected chi connectivity index (χ3v) is 4.38. The van der Waals surface area contributed by atoms with Crippen molar-refractivity contribution >= 4 is 28.2 Å². The zero-order valence-electron chi connectivity index (χ0n) is 17.4. The van der Waals surface area contributed by atoms with Gasteiger partial charge in [-0.25, -0.2) is 14.4 Å². The molecule has 1 atom stereocenters. The molecule has 0 saturated heterocycles. The van der Waals surface area contributed by atoms with Gasteiger partial charge in [-0.3, -0.25) is 4.79 Å². The second-order valence-electron chi connectivity index (χ2n) is 8.13. The molecule has 160 valence electrons. The molecule has 0 fully saturated rings. The van der Waals surface area contributed by atoms with Crippen molar-refractivity contribution in [3.8, 4) is 0 Å². The van der Waals surface area contributed by atoms with E-state index in [1.807, 2.05) is 20.8 Å². The van der Waals surface area contributed by atoms with Crippen molar-refractivity contribution in [1.29, 1.82) is 0 Å². The summed E-state index contributed by atoms with van der Waals surface area (Å²) in [6, 6.07) is 4.88. The zero-order chi connectivity index (χ0) is 22.1. The van der Waals surface area contributed by atoms with Gasteiger partial charge in [0.25, 0.3) is 5.56 Å². The van der Waals surface area contributed by atoms with Crippen molar-refractivity contribution in [2.75, 3.05) is 17.2 Å². The van der Waals surface area contributed by atoms with Crippen molar-refractivity contribution in [1.82, 2.24) is 14.5 Å². The van der Waals surface area contributed by atoms with Crippen LogP contribution in [0.5, 0.6) is 0 Å². The van der Waals surface area contributed by atoms with E-state index in [4.69, 9.17) is 0 Å². The Labute approximate surface area is 173 Å². The number of aliphatic hydroxyl groups is 2. The third-order valence-electron chi connectivity index (χ3n) is 4.38. The standard InChI is InChI=1S/C21H26FN5O3/c1-12(29)14-10-16(23-11-15(14)22)24-17-9-13-5-6-27(7-8-28)20(30)18(13)19(25-17)26-21(2,3)4/h5-6,9-12,28-29H,7-8H2,1-4H3,(H2,23,24,25,26). The molecular weight excluding hydrogens is 389 g/mol. The maximum Gasteiger partial charge on any atom is 0.262 e.